The molecule has 1 aliphatic carbocycles. The van der Waals surface area contributed by atoms with Gasteiger partial charge in [0.2, 0.25) is 5.91 Å². The van der Waals surface area contributed by atoms with E-state index >= 15 is 0 Å². The summed E-state index contributed by atoms with van der Waals surface area (Å²) in [6, 6.07) is 8.64. The Balaban J connectivity index is 0.00000300. The number of H-pyrrole nitrogens is 1. The highest BCUT2D eigenvalue weighted by Crippen LogP contribution is 2.25. The number of aryl methyl sites for hydroxylation is 1. The van der Waals surface area contributed by atoms with E-state index in [-0.39, 0.29) is 36.1 Å². The van der Waals surface area contributed by atoms with Gasteiger partial charge < -0.3 is 10.6 Å². The van der Waals surface area contributed by atoms with E-state index < -0.39 is 0 Å². The molecule has 0 saturated heterocycles. The molecule has 3 rings (SSSR count). The molecule has 0 spiro atoms. The van der Waals surface area contributed by atoms with Gasteiger partial charge in [-0.3, -0.25) is 9.89 Å². The molecule has 0 bridgehead atoms. The summed E-state index contributed by atoms with van der Waals surface area (Å²) in [5.74, 6) is 0.111. The number of aromatic nitrogens is 2. The molecule has 1 aliphatic rings. The van der Waals surface area contributed by atoms with Crippen molar-refractivity contribution in [2.24, 2.45) is 11.7 Å². The molecule has 5 nitrogen and oxygen atoms in total. The van der Waals surface area contributed by atoms with Crippen LogP contribution in [-0.2, 0) is 11.2 Å². The summed E-state index contributed by atoms with van der Waals surface area (Å²) in [4.78, 5) is 14.4. The van der Waals surface area contributed by atoms with E-state index in [1.165, 1.54) is 12.1 Å². The Morgan fingerprint density at radius 3 is 2.86 bits per heavy atom. The maximum atomic E-state index is 13.3. The molecule has 1 fully saturated rings. The van der Waals surface area contributed by atoms with Crippen molar-refractivity contribution < 1.29 is 9.18 Å². The minimum absolute atomic E-state index is 0. The molecule has 29 heavy (non-hydrogen) atoms. The Labute approximate surface area is 178 Å². The first-order chi connectivity index (χ1) is 13.5. The number of nitrogens with two attached hydrogens (primary N) is 1. The van der Waals surface area contributed by atoms with Crippen LogP contribution in [0.25, 0.3) is 11.3 Å². The molecule has 1 aromatic heterocycles. The lowest BCUT2D eigenvalue weighted by molar-refractivity contribution is -0.135. The highest BCUT2D eigenvalue weighted by atomic mass is 35.5. The monoisotopic (exact) mass is 422 g/mol. The molecular formula is C22H32ClFN4O. The third-order valence-corrected chi connectivity index (χ3v) is 5.63. The fraction of sp³-hybridized carbons (Fsp3) is 0.545. The van der Waals surface area contributed by atoms with Crippen LogP contribution in [0.3, 0.4) is 0 Å². The van der Waals surface area contributed by atoms with Crippen molar-refractivity contribution in [1.82, 2.24) is 15.1 Å². The van der Waals surface area contributed by atoms with Crippen LogP contribution >= 0.6 is 12.4 Å². The molecule has 2 aromatic rings. The van der Waals surface area contributed by atoms with Crippen LogP contribution < -0.4 is 5.73 Å². The van der Waals surface area contributed by atoms with Gasteiger partial charge in [0, 0.05) is 36.8 Å². The van der Waals surface area contributed by atoms with Crippen molar-refractivity contribution in [3.63, 3.8) is 0 Å². The maximum Gasteiger partial charge on any atom is 0.225 e. The summed E-state index contributed by atoms with van der Waals surface area (Å²) < 4.78 is 13.3. The second kappa shape index (κ2) is 11.3. The first kappa shape index (κ1) is 23.4. The van der Waals surface area contributed by atoms with E-state index in [1.54, 1.807) is 6.07 Å². The molecular weight excluding hydrogens is 391 g/mol. The predicted octanol–water partition coefficient (Wildman–Crippen LogP) is 4.33. The standard InChI is InChI=1S/C22H31FN4O.ClH/c1-27(22(28)17-8-6-10-19(24)14-17)12-4-2-3-11-20-15-21(26-25-20)16-7-5-9-18(23)13-16;/h5,7,9,13,15,17,19H,2-4,6,8,10-12,14,24H2,1H3,(H,25,26);1H. The molecule has 0 aliphatic heterocycles. The van der Waals surface area contributed by atoms with E-state index in [2.05, 4.69) is 10.2 Å². The topological polar surface area (TPSA) is 75.0 Å². The molecule has 1 heterocycles. The number of hydrogen-bond donors (Lipinski definition) is 2. The van der Waals surface area contributed by atoms with Crippen LogP contribution in [0.15, 0.2) is 30.3 Å². The van der Waals surface area contributed by atoms with Gasteiger partial charge in [-0.25, -0.2) is 4.39 Å². The number of rotatable bonds is 8. The minimum atomic E-state index is -0.254. The van der Waals surface area contributed by atoms with Gasteiger partial charge in [-0.15, -0.1) is 12.4 Å². The summed E-state index contributed by atoms with van der Waals surface area (Å²) >= 11 is 0. The SMILES string of the molecule is CN(CCCCCc1cc(-c2cccc(F)c2)n[nH]1)C(=O)C1CCCC(N)C1.Cl. The molecule has 1 aromatic carbocycles. The number of unbranched alkanes of at least 4 members (excludes halogenated alkanes) is 2. The molecule has 0 radical (unpaired) electrons. The number of halogens is 2. The lowest BCUT2D eigenvalue weighted by atomic mass is 9.85. The van der Waals surface area contributed by atoms with Crippen LogP contribution in [-0.4, -0.2) is 40.6 Å². The smallest absolute Gasteiger partial charge is 0.225 e. The van der Waals surface area contributed by atoms with E-state index in [1.807, 2.05) is 24.1 Å². The van der Waals surface area contributed by atoms with Gasteiger partial charge in [-0.2, -0.15) is 5.10 Å². The number of amides is 1. The van der Waals surface area contributed by atoms with Crippen LogP contribution in [0, 0.1) is 11.7 Å². The van der Waals surface area contributed by atoms with Crippen molar-refractivity contribution in [1.29, 1.82) is 0 Å². The molecule has 2 atom stereocenters. The predicted molar refractivity (Wildman–Crippen MR) is 116 cm³/mol. The Morgan fingerprint density at radius 1 is 1.28 bits per heavy atom. The zero-order valence-electron chi connectivity index (χ0n) is 17.1. The van der Waals surface area contributed by atoms with Gasteiger partial charge >= 0.3 is 0 Å². The first-order valence-corrected chi connectivity index (χ1v) is 10.3. The zero-order chi connectivity index (χ0) is 19.9. The molecule has 160 valence electrons. The van der Waals surface area contributed by atoms with Gasteiger partial charge in [-0.05, 0) is 56.7 Å². The number of aromatic amines is 1. The largest absolute Gasteiger partial charge is 0.346 e. The summed E-state index contributed by atoms with van der Waals surface area (Å²) in [5.41, 5.74) is 8.61. The van der Waals surface area contributed by atoms with Crippen molar-refractivity contribution in [3.8, 4) is 11.3 Å². The highest BCUT2D eigenvalue weighted by Gasteiger charge is 2.27. The quantitative estimate of drug-likeness (QED) is 0.622. The van der Waals surface area contributed by atoms with Crippen LogP contribution in [0.5, 0.6) is 0 Å². The number of benzene rings is 1. The zero-order valence-corrected chi connectivity index (χ0v) is 17.9. The Morgan fingerprint density at radius 2 is 2.10 bits per heavy atom. The van der Waals surface area contributed by atoms with Gasteiger partial charge in [0.05, 0.1) is 5.69 Å². The summed E-state index contributed by atoms with van der Waals surface area (Å²) in [7, 11) is 1.91. The molecule has 1 saturated carbocycles. The highest BCUT2D eigenvalue weighted by molar-refractivity contribution is 5.85. The third-order valence-electron chi connectivity index (χ3n) is 5.63. The minimum Gasteiger partial charge on any atom is -0.346 e. The average Bonchev–Trinajstić information content (AvgIpc) is 3.16. The maximum absolute atomic E-state index is 13.3. The normalized spacial score (nSPS) is 18.9. The van der Waals surface area contributed by atoms with Gasteiger partial charge in [0.15, 0.2) is 0 Å². The van der Waals surface area contributed by atoms with Crippen molar-refractivity contribution in [2.75, 3.05) is 13.6 Å². The van der Waals surface area contributed by atoms with Crippen molar-refractivity contribution in [3.05, 3.63) is 41.8 Å². The van der Waals surface area contributed by atoms with Crippen LogP contribution in [0.2, 0.25) is 0 Å². The molecule has 1 amide bonds. The summed E-state index contributed by atoms with van der Waals surface area (Å²) in [6.45, 7) is 0.794. The van der Waals surface area contributed by atoms with Gasteiger partial charge in [0.25, 0.3) is 0 Å². The van der Waals surface area contributed by atoms with Gasteiger partial charge in [-0.1, -0.05) is 25.0 Å². The van der Waals surface area contributed by atoms with E-state index in [9.17, 15) is 9.18 Å². The fourth-order valence-electron chi connectivity index (χ4n) is 4.00. The van der Waals surface area contributed by atoms with Crippen LogP contribution in [0.1, 0.15) is 50.6 Å². The number of hydrogen-bond acceptors (Lipinski definition) is 3. The third kappa shape index (κ3) is 6.82. The Kier molecular flexibility index (Phi) is 9.11. The first-order valence-electron chi connectivity index (χ1n) is 10.3. The molecule has 7 heteroatoms. The second-order valence-corrected chi connectivity index (χ2v) is 7.98. The Bertz CT molecular complexity index is 782. The number of carbonyl (C=O) groups excluding carboxylic acids is 1. The van der Waals surface area contributed by atoms with Gasteiger partial charge in [0.1, 0.15) is 5.82 Å². The van der Waals surface area contributed by atoms with E-state index in [0.717, 1.165) is 74.9 Å². The van der Waals surface area contributed by atoms with Crippen LogP contribution in [0.4, 0.5) is 4.39 Å². The lowest BCUT2D eigenvalue weighted by Crippen LogP contribution is -2.39. The van der Waals surface area contributed by atoms with E-state index in [0.29, 0.717) is 0 Å². The lowest BCUT2D eigenvalue weighted by Gasteiger charge is -2.29. The summed E-state index contributed by atoms with van der Waals surface area (Å²) in [5, 5.41) is 7.32. The van der Waals surface area contributed by atoms with Crippen molar-refractivity contribution in [2.45, 2.75) is 57.4 Å². The second-order valence-electron chi connectivity index (χ2n) is 7.98. The number of nitrogens with one attached hydrogen (secondary N) is 1. The van der Waals surface area contributed by atoms with Crippen molar-refractivity contribution >= 4 is 18.3 Å². The molecule has 3 N–H and O–H groups in total. The number of nitrogens with zero attached hydrogens (tertiary/aromatic N) is 2. The molecule has 2 unspecified atom stereocenters. The average molecular weight is 423 g/mol. The number of carbonyl (C=O) groups is 1. The van der Waals surface area contributed by atoms with E-state index in [4.69, 9.17) is 5.73 Å². The fourth-order valence-corrected chi connectivity index (χ4v) is 4.00. The Hall–Kier alpha value is -1.92. The summed E-state index contributed by atoms with van der Waals surface area (Å²) in [6.07, 6.45) is 7.89.